The number of hydrogen-bond acceptors (Lipinski definition) is 10. The molecule has 37 heavy (non-hydrogen) atoms. The highest BCUT2D eigenvalue weighted by atomic mass is 16.6. The summed E-state index contributed by atoms with van der Waals surface area (Å²) < 4.78 is 47.7. The maximum absolute atomic E-state index is 11.6. The summed E-state index contributed by atoms with van der Waals surface area (Å²) in [5, 5.41) is 2.76. The van der Waals surface area contributed by atoms with Crippen LogP contribution in [0.25, 0.3) is 0 Å². The maximum atomic E-state index is 11.6. The Morgan fingerprint density at radius 2 is 0.919 bits per heavy atom. The van der Waals surface area contributed by atoms with Gasteiger partial charge in [0.2, 0.25) is 0 Å². The van der Waals surface area contributed by atoms with Crippen LogP contribution in [0.5, 0.6) is 0 Å². The Morgan fingerprint density at radius 1 is 0.568 bits per heavy atom. The van der Waals surface area contributed by atoms with Gasteiger partial charge in [-0.1, -0.05) is 20.8 Å². The summed E-state index contributed by atoms with van der Waals surface area (Å²) in [4.78, 5) is 11.6. The van der Waals surface area contributed by atoms with Gasteiger partial charge in [-0.3, -0.25) is 0 Å². The number of carbonyl (C=O) groups excluding carboxylic acids is 1. The van der Waals surface area contributed by atoms with E-state index in [9.17, 15) is 4.79 Å². The Kier molecular flexibility index (Phi) is 28.7. The minimum Gasteiger partial charge on any atom is -0.447 e. The average Bonchev–Trinajstić information content (AvgIpc) is 2.88. The third kappa shape index (κ3) is 29.4. The molecule has 1 atom stereocenters. The van der Waals surface area contributed by atoms with Gasteiger partial charge in [-0.25, -0.2) is 4.79 Å². The predicted octanol–water partition coefficient (Wildman–Crippen LogP) is 2.55. The first-order chi connectivity index (χ1) is 18.1. The second kappa shape index (κ2) is 29.5. The van der Waals surface area contributed by atoms with E-state index in [-0.39, 0.29) is 6.61 Å². The van der Waals surface area contributed by atoms with Gasteiger partial charge in [0.15, 0.2) is 0 Å². The molecular weight excluding hydrogens is 486 g/mol. The molecular formula is C26H53NO10. The number of alkyl carbamates (subject to hydrolysis) is 1. The highest BCUT2D eigenvalue weighted by Gasteiger charge is 2.07. The fourth-order valence-corrected chi connectivity index (χ4v) is 2.76. The SMILES string of the molecule is COCCOCCOCCOCCOCCOCCOCCOCCOC(=O)NCCCC(C)C(C)C. The quantitative estimate of drug-likeness (QED) is 0.142. The standard InChI is InChI=1S/C26H53NO10/c1-24(2)25(3)6-5-7-27-26(28)37-23-22-36-21-20-35-19-18-34-17-16-33-15-14-32-13-12-31-11-10-30-9-8-29-4/h24-25H,5-23H2,1-4H3,(H,27,28). The normalized spacial score (nSPS) is 12.2. The van der Waals surface area contributed by atoms with Crippen molar-refractivity contribution in [2.45, 2.75) is 33.6 Å². The van der Waals surface area contributed by atoms with Crippen molar-refractivity contribution in [3.05, 3.63) is 0 Å². The molecule has 0 aliphatic heterocycles. The first-order valence-corrected chi connectivity index (χ1v) is 13.5. The molecule has 0 fully saturated rings. The van der Waals surface area contributed by atoms with E-state index in [1.165, 1.54) is 0 Å². The third-order valence-corrected chi connectivity index (χ3v) is 5.37. The van der Waals surface area contributed by atoms with Gasteiger partial charge in [0, 0.05) is 13.7 Å². The van der Waals surface area contributed by atoms with Gasteiger partial charge in [-0.2, -0.15) is 0 Å². The minimum absolute atomic E-state index is 0.223. The zero-order chi connectivity index (χ0) is 27.2. The van der Waals surface area contributed by atoms with Crippen LogP contribution in [-0.4, -0.2) is 125 Å². The van der Waals surface area contributed by atoms with Crippen LogP contribution < -0.4 is 5.32 Å². The minimum atomic E-state index is -0.396. The van der Waals surface area contributed by atoms with E-state index < -0.39 is 6.09 Å². The highest BCUT2D eigenvalue weighted by molar-refractivity contribution is 5.66. The van der Waals surface area contributed by atoms with Gasteiger partial charge in [0.05, 0.1) is 99.1 Å². The van der Waals surface area contributed by atoms with Gasteiger partial charge in [0.25, 0.3) is 0 Å². The van der Waals surface area contributed by atoms with Crippen LogP contribution in [0.4, 0.5) is 4.79 Å². The largest absolute Gasteiger partial charge is 0.447 e. The smallest absolute Gasteiger partial charge is 0.407 e. The summed E-state index contributed by atoms with van der Waals surface area (Å²) in [6.07, 6.45) is 1.66. The fraction of sp³-hybridized carbons (Fsp3) is 0.962. The summed E-state index contributed by atoms with van der Waals surface area (Å²) >= 11 is 0. The molecule has 1 amide bonds. The molecule has 0 aliphatic rings. The van der Waals surface area contributed by atoms with Crippen LogP contribution in [0, 0.1) is 11.8 Å². The number of ether oxygens (including phenoxy) is 9. The van der Waals surface area contributed by atoms with E-state index in [4.69, 9.17) is 42.6 Å². The second-order valence-electron chi connectivity index (χ2n) is 8.71. The number of rotatable bonds is 29. The van der Waals surface area contributed by atoms with Crippen LogP contribution >= 0.6 is 0 Å². The van der Waals surface area contributed by atoms with Gasteiger partial charge in [0.1, 0.15) is 6.61 Å². The Morgan fingerprint density at radius 3 is 1.27 bits per heavy atom. The number of methoxy groups -OCH3 is 1. The first-order valence-electron chi connectivity index (χ1n) is 13.5. The lowest BCUT2D eigenvalue weighted by Gasteiger charge is -2.15. The van der Waals surface area contributed by atoms with Crippen LogP contribution in [0.2, 0.25) is 0 Å². The summed E-state index contributed by atoms with van der Waals surface area (Å²) in [7, 11) is 1.64. The first kappa shape index (κ1) is 35.9. The summed E-state index contributed by atoms with van der Waals surface area (Å²) in [6, 6.07) is 0. The monoisotopic (exact) mass is 539 g/mol. The highest BCUT2D eigenvalue weighted by Crippen LogP contribution is 2.15. The molecule has 1 N–H and O–H groups in total. The van der Waals surface area contributed by atoms with Crippen molar-refractivity contribution < 1.29 is 47.4 Å². The van der Waals surface area contributed by atoms with Gasteiger partial charge in [-0.05, 0) is 24.7 Å². The van der Waals surface area contributed by atoms with Crippen molar-refractivity contribution in [1.82, 2.24) is 5.32 Å². The molecule has 0 saturated heterocycles. The van der Waals surface area contributed by atoms with Crippen molar-refractivity contribution in [3.63, 3.8) is 0 Å². The summed E-state index contributed by atoms with van der Waals surface area (Å²) in [5.74, 6) is 1.32. The van der Waals surface area contributed by atoms with Crippen LogP contribution in [0.3, 0.4) is 0 Å². The van der Waals surface area contributed by atoms with Crippen molar-refractivity contribution in [2.24, 2.45) is 11.8 Å². The Hall–Kier alpha value is -1.05. The maximum Gasteiger partial charge on any atom is 0.407 e. The molecule has 0 heterocycles. The molecule has 0 bridgehead atoms. The molecule has 0 aromatic carbocycles. The molecule has 0 saturated carbocycles. The molecule has 0 spiro atoms. The molecule has 0 aromatic rings. The van der Waals surface area contributed by atoms with E-state index in [1.54, 1.807) is 7.11 Å². The van der Waals surface area contributed by atoms with Crippen molar-refractivity contribution in [1.29, 1.82) is 0 Å². The predicted molar refractivity (Wildman–Crippen MR) is 140 cm³/mol. The van der Waals surface area contributed by atoms with E-state index in [0.29, 0.717) is 117 Å². The zero-order valence-electron chi connectivity index (χ0n) is 23.7. The van der Waals surface area contributed by atoms with E-state index >= 15 is 0 Å². The molecule has 11 heteroatoms. The fourth-order valence-electron chi connectivity index (χ4n) is 2.76. The van der Waals surface area contributed by atoms with E-state index in [0.717, 1.165) is 12.8 Å². The summed E-state index contributed by atoms with van der Waals surface area (Å²) in [5.41, 5.74) is 0. The Bertz CT molecular complexity index is 471. The zero-order valence-corrected chi connectivity index (χ0v) is 23.7. The number of nitrogens with one attached hydrogen (secondary N) is 1. The van der Waals surface area contributed by atoms with Crippen molar-refractivity contribution in [2.75, 3.05) is 119 Å². The van der Waals surface area contributed by atoms with Crippen LogP contribution in [0.15, 0.2) is 0 Å². The topological polar surface area (TPSA) is 112 Å². The molecule has 11 nitrogen and oxygen atoms in total. The number of hydrogen-bond donors (Lipinski definition) is 1. The van der Waals surface area contributed by atoms with Gasteiger partial charge < -0.3 is 47.9 Å². The van der Waals surface area contributed by atoms with E-state index in [1.807, 2.05) is 0 Å². The summed E-state index contributed by atoms with van der Waals surface area (Å²) in [6.45, 7) is 15.1. The van der Waals surface area contributed by atoms with Gasteiger partial charge in [-0.15, -0.1) is 0 Å². The Balaban J connectivity index is 3.14. The van der Waals surface area contributed by atoms with E-state index in [2.05, 4.69) is 26.1 Å². The van der Waals surface area contributed by atoms with Crippen LogP contribution in [0.1, 0.15) is 33.6 Å². The molecule has 0 radical (unpaired) electrons. The third-order valence-electron chi connectivity index (χ3n) is 5.37. The number of amides is 1. The second-order valence-corrected chi connectivity index (χ2v) is 8.71. The molecule has 222 valence electrons. The van der Waals surface area contributed by atoms with Crippen molar-refractivity contribution in [3.8, 4) is 0 Å². The molecule has 1 unspecified atom stereocenters. The molecule has 0 aliphatic carbocycles. The Labute approximate surface area is 224 Å². The molecule has 0 aromatic heterocycles. The lowest BCUT2D eigenvalue weighted by molar-refractivity contribution is -0.0231. The number of carbonyl (C=O) groups is 1. The lowest BCUT2D eigenvalue weighted by Crippen LogP contribution is -2.27. The van der Waals surface area contributed by atoms with Crippen molar-refractivity contribution >= 4 is 6.09 Å². The average molecular weight is 540 g/mol. The van der Waals surface area contributed by atoms with Crippen LogP contribution in [-0.2, 0) is 42.6 Å². The van der Waals surface area contributed by atoms with Gasteiger partial charge >= 0.3 is 6.09 Å². The lowest BCUT2D eigenvalue weighted by atomic mass is 9.93. The molecule has 0 rings (SSSR count).